The number of rotatable bonds is 5. The van der Waals surface area contributed by atoms with Crippen molar-refractivity contribution in [2.45, 2.75) is 26.3 Å². The minimum atomic E-state index is -1.07. The highest BCUT2D eigenvalue weighted by Crippen LogP contribution is 2.20. The maximum absolute atomic E-state index is 11.1. The van der Waals surface area contributed by atoms with Crippen LogP contribution in [-0.4, -0.2) is 30.3 Å². The standard InChI is InChI=1S/C13H19NO3/c1-9-5-6-10(2)11(7-9)17-8-13(3,14-4)12(15)16/h5-7,14H,8H2,1-4H3,(H,15,16). The van der Waals surface area contributed by atoms with E-state index in [1.54, 1.807) is 14.0 Å². The van der Waals surface area contributed by atoms with Crippen LogP contribution in [0.15, 0.2) is 18.2 Å². The van der Waals surface area contributed by atoms with Crippen molar-refractivity contribution in [3.63, 3.8) is 0 Å². The predicted octanol–water partition coefficient (Wildman–Crippen LogP) is 1.74. The van der Waals surface area contributed by atoms with E-state index in [0.717, 1.165) is 16.9 Å². The topological polar surface area (TPSA) is 58.6 Å². The summed E-state index contributed by atoms with van der Waals surface area (Å²) >= 11 is 0. The van der Waals surface area contributed by atoms with Crippen molar-refractivity contribution in [2.24, 2.45) is 0 Å². The first-order chi connectivity index (χ1) is 7.89. The van der Waals surface area contributed by atoms with Gasteiger partial charge in [0.05, 0.1) is 0 Å². The molecule has 1 unspecified atom stereocenters. The molecule has 0 aromatic heterocycles. The van der Waals surface area contributed by atoms with Crippen molar-refractivity contribution < 1.29 is 14.6 Å². The van der Waals surface area contributed by atoms with Gasteiger partial charge in [0.2, 0.25) is 0 Å². The summed E-state index contributed by atoms with van der Waals surface area (Å²) in [6.07, 6.45) is 0. The molecule has 0 spiro atoms. The second-order valence-corrected chi connectivity index (χ2v) is 4.44. The number of ether oxygens (including phenoxy) is 1. The lowest BCUT2D eigenvalue weighted by Crippen LogP contribution is -2.52. The van der Waals surface area contributed by atoms with Crippen molar-refractivity contribution in [1.29, 1.82) is 0 Å². The normalized spacial score (nSPS) is 14.1. The number of carboxylic acid groups (broad SMARTS) is 1. The molecule has 0 aliphatic carbocycles. The molecule has 0 bridgehead atoms. The number of aryl methyl sites for hydroxylation is 2. The largest absolute Gasteiger partial charge is 0.491 e. The van der Waals surface area contributed by atoms with E-state index in [0.29, 0.717) is 0 Å². The van der Waals surface area contributed by atoms with Crippen LogP contribution in [0.5, 0.6) is 5.75 Å². The molecular weight excluding hydrogens is 218 g/mol. The molecule has 0 aliphatic heterocycles. The molecule has 0 heterocycles. The Balaban J connectivity index is 2.79. The lowest BCUT2D eigenvalue weighted by atomic mass is 10.1. The van der Waals surface area contributed by atoms with E-state index in [9.17, 15) is 4.79 Å². The van der Waals surface area contributed by atoms with Crippen molar-refractivity contribution in [3.8, 4) is 5.75 Å². The van der Waals surface area contributed by atoms with Gasteiger partial charge in [-0.05, 0) is 45.0 Å². The van der Waals surface area contributed by atoms with E-state index in [2.05, 4.69) is 5.32 Å². The van der Waals surface area contributed by atoms with Gasteiger partial charge in [-0.1, -0.05) is 12.1 Å². The summed E-state index contributed by atoms with van der Waals surface area (Å²) in [4.78, 5) is 11.1. The number of likely N-dealkylation sites (N-methyl/N-ethyl adjacent to an activating group) is 1. The third-order valence-corrected chi connectivity index (χ3v) is 2.88. The quantitative estimate of drug-likeness (QED) is 0.819. The van der Waals surface area contributed by atoms with Crippen LogP contribution in [0.3, 0.4) is 0 Å². The van der Waals surface area contributed by atoms with E-state index in [4.69, 9.17) is 9.84 Å². The molecule has 0 fully saturated rings. The average Bonchev–Trinajstić information content (AvgIpc) is 2.29. The highest BCUT2D eigenvalue weighted by Gasteiger charge is 2.32. The van der Waals surface area contributed by atoms with Crippen LogP contribution in [0.1, 0.15) is 18.1 Å². The molecule has 0 amide bonds. The summed E-state index contributed by atoms with van der Waals surface area (Å²) in [5.41, 5.74) is 1.02. The summed E-state index contributed by atoms with van der Waals surface area (Å²) in [5.74, 6) is -0.196. The van der Waals surface area contributed by atoms with Crippen LogP contribution in [0.25, 0.3) is 0 Å². The smallest absolute Gasteiger partial charge is 0.327 e. The fourth-order valence-electron chi connectivity index (χ4n) is 1.33. The highest BCUT2D eigenvalue weighted by molar-refractivity contribution is 5.78. The van der Waals surface area contributed by atoms with Gasteiger partial charge in [0, 0.05) is 0 Å². The Labute approximate surface area is 102 Å². The highest BCUT2D eigenvalue weighted by atomic mass is 16.5. The number of carboxylic acids is 1. The Bertz CT molecular complexity index is 417. The number of hydrogen-bond acceptors (Lipinski definition) is 3. The fourth-order valence-corrected chi connectivity index (χ4v) is 1.33. The maximum atomic E-state index is 11.1. The average molecular weight is 237 g/mol. The molecule has 1 atom stereocenters. The van der Waals surface area contributed by atoms with E-state index in [1.807, 2.05) is 32.0 Å². The van der Waals surface area contributed by atoms with E-state index >= 15 is 0 Å². The fraction of sp³-hybridized carbons (Fsp3) is 0.462. The number of nitrogens with one attached hydrogen (secondary N) is 1. The van der Waals surface area contributed by atoms with Crippen molar-refractivity contribution in [3.05, 3.63) is 29.3 Å². The van der Waals surface area contributed by atoms with Gasteiger partial charge in [-0.15, -0.1) is 0 Å². The first-order valence-electron chi connectivity index (χ1n) is 5.51. The molecule has 0 saturated heterocycles. The minimum Gasteiger partial charge on any atom is -0.491 e. The van der Waals surface area contributed by atoms with Gasteiger partial charge in [-0.25, -0.2) is 0 Å². The van der Waals surface area contributed by atoms with Crippen molar-refractivity contribution >= 4 is 5.97 Å². The van der Waals surface area contributed by atoms with Gasteiger partial charge in [0.1, 0.15) is 17.9 Å². The summed E-state index contributed by atoms with van der Waals surface area (Å²) < 4.78 is 5.59. The van der Waals surface area contributed by atoms with Crippen LogP contribution in [0.2, 0.25) is 0 Å². The molecule has 0 radical (unpaired) electrons. The van der Waals surface area contributed by atoms with Gasteiger partial charge in [-0.2, -0.15) is 0 Å². The van der Waals surface area contributed by atoms with Crippen molar-refractivity contribution in [2.75, 3.05) is 13.7 Å². The number of aliphatic carboxylic acids is 1. The molecule has 17 heavy (non-hydrogen) atoms. The summed E-state index contributed by atoms with van der Waals surface area (Å²) in [7, 11) is 1.61. The van der Waals surface area contributed by atoms with Gasteiger partial charge < -0.3 is 15.2 Å². The zero-order chi connectivity index (χ0) is 13.1. The molecule has 1 aromatic rings. The molecule has 0 aliphatic rings. The summed E-state index contributed by atoms with van der Waals surface area (Å²) in [5, 5.41) is 11.8. The molecule has 1 aromatic carbocycles. The van der Waals surface area contributed by atoms with Crippen LogP contribution in [0, 0.1) is 13.8 Å². The van der Waals surface area contributed by atoms with Crippen LogP contribution in [0.4, 0.5) is 0 Å². The summed E-state index contributed by atoms with van der Waals surface area (Å²) in [6, 6.07) is 5.87. The minimum absolute atomic E-state index is 0.0864. The van der Waals surface area contributed by atoms with Crippen LogP contribution < -0.4 is 10.1 Å². The van der Waals surface area contributed by atoms with Crippen LogP contribution in [-0.2, 0) is 4.79 Å². The SMILES string of the molecule is CNC(C)(COc1cc(C)ccc1C)C(=O)O. The second kappa shape index (κ2) is 5.19. The van der Waals surface area contributed by atoms with E-state index in [-0.39, 0.29) is 6.61 Å². The third kappa shape index (κ3) is 3.20. The van der Waals surface area contributed by atoms with Gasteiger partial charge in [0.25, 0.3) is 0 Å². The molecule has 1 rings (SSSR count). The molecular formula is C13H19NO3. The van der Waals surface area contributed by atoms with E-state index in [1.165, 1.54) is 0 Å². The maximum Gasteiger partial charge on any atom is 0.327 e. The monoisotopic (exact) mass is 237 g/mol. The molecule has 0 saturated carbocycles. The number of benzene rings is 1. The van der Waals surface area contributed by atoms with E-state index < -0.39 is 11.5 Å². The number of hydrogen-bond donors (Lipinski definition) is 2. The Morgan fingerprint density at radius 2 is 2.12 bits per heavy atom. The lowest BCUT2D eigenvalue weighted by molar-refractivity contribution is -0.145. The Hall–Kier alpha value is -1.55. The number of carbonyl (C=O) groups is 1. The first kappa shape index (κ1) is 13.5. The summed E-state index contributed by atoms with van der Waals surface area (Å²) in [6.45, 7) is 5.59. The van der Waals surface area contributed by atoms with Crippen molar-refractivity contribution in [1.82, 2.24) is 5.32 Å². The van der Waals surface area contributed by atoms with Crippen LogP contribution >= 0.6 is 0 Å². The lowest BCUT2D eigenvalue weighted by Gasteiger charge is -2.24. The predicted molar refractivity (Wildman–Crippen MR) is 66.5 cm³/mol. The first-order valence-corrected chi connectivity index (χ1v) is 5.51. The molecule has 4 heteroatoms. The Morgan fingerprint density at radius 3 is 2.65 bits per heavy atom. The van der Waals surface area contributed by atoms with Gasteiger partial charge in [0.15, 0.2) is 0 Å². The molecule has 94 valence electrons. The Kier molecular flexibility index (Phi) is 4.12. The zero-order valence-corrected chi connectivity index (χ0v) is 10.7. The Morgan fingerprint density at radius 1 is 1.47 bits per heavy atom. The second-order valence-electron chi connectivity index (χ2n) is 4.44. The van der Waals surface area contributed by atoms with Gasteiger partial charge >= 0.3 is 5.97 Å². The molecule has 4 nitrogen and oxygen atoms in total. The zero-order valence-electron chi connectivity index (χ0n) is 10.7. The molecule has 2 N–H and O–H groups in total. The third-order valence-electron chi connectivity index (χ3n) is 2.88. The van der Waals surface area contributed by atoms with Gasteiger partial charge in [-0.3, -0.25) is 4.79 Å².